The van der Waals surface area contributed by atoms with Gasteiger partial charge in [0.2, 0.25) is 11.8 Å². The topological polar surface area (TPSA) is 105 Å². The molecule has 1 aromatic rings. The molecule has 1 rings (SSSR count). The van der Waals surface area contributed by atoms with E-state index in [9.17, 15) is 14.4 Å². The van der Waals surface area contributed by atoms with Gasteiger partial charge < -0.3 is 20.5 Å². The number of benzene rings is 1. The summed E-state index contributed by atoms with van der Waals surface area (Å²) >= 11 is 0. The average Bonchev–Trinajstić information content (AvgIpc) is 2.58. The summed E-state index contributed by atoms with van der Waals surface area (Å²) < 4.78 is 5.30. The van der Waals surface area contributed by atoms with Crippen LogP contribution < -0.4 is 15.4 Å². The van der Waals surface area contributed by atoms with Gasteiger partial charge >= 0.3 is 5.97 Å². The Bertz CT molecular complexity index is 655. The van der Waals surface area contributed by atoms with Crippen LogP contribution in [0.3, 0.4) is 0 Å². The van der Waals surface area contributed by atoms with E-state index in [1.165, 1.54) is 7.11 Å². The first-order valence-corrected chi connectivity index (χ1v) is 8.53. The smallest absolute Gasteiger partial charge is 0.326 e. The monoisotopic (exact) mass is 364 g/mol. The summed E-state index contributed by atoms with van der Waals surface area (Å²) in [7, 11) is 1.53. The Balaban J connectivity index is 2.72. The summed E-state index contributed by atoms with van der Waals surface area (Å²) in [6.45, 7) is 6.92. The van der Waals surface area contributed by atoms with Gasteiger partial charge in [0.25, 0.3) is 0 Å². The van der Waals surface area contributed by atoms with Crippen molar-refractivity contribution in [3.8, 4) is 5.75 Å². The fourth-order valence-corrected chi connectivity index (χ4v) is 2.60. The first kappa shape index (κ1) is 21.5. The van der Waals surface area contributed by atoms with Gasteiger partial charge in [0.05, 0.1) is 19.1 Å². The molecule has 0 heterocycles. The predicted molar refractivity (Wildman–Crippen MR) is 98.1 cm³/mol. The molecule has 0 saturated heterocycles. The average molecular weight is 364 g/mol. The van der Waals surface area contributed by atoms with Gasteiger partial charge in [-0.15, -0.1) is 0 Å². The molecule has 0 aliphatic heterocycles. The minimum Gasteiger partial charge on any atom is -0.496 e. The standard InChI is InChI=1S/C19H28N2O5/c1-12(2)10-14(17(23)24)21-16(22)11-20-18(25)19(3,4)13-8-6-7-9-15(13)26-5/h6-9,12,14H,10-11H2,1-5H3,(H,20,25)(H,21,22)(H,23,24)/t14-/m0/s1. The van der Waals surface area contributed by atoms with Crippen molar-refractivity contribution in [1.82, 2.24) is 10.6 Å². The Morgan fingerprint density at radius 1 is 1.19 bits per heavy atom. The summed E-state index contributed by atoms with van der Waals surface area (Å²) in [6.07, 6.45) is 0.321. The van der Waals surface area contributed by atoms with Crippen LogP contribution in [0.4, 0.5) is 0 Å². The quantitative estimate of drug-likeness (QED) is 0.619. The van der Waals surface area contributed by atoms with Gasteiger partial charge in [0.15, 0.2) is 0 Å². The molecular weight excluding hydrogens is 336 g/mol. The molecule has 0 spiro atoms. The Morgan fingerprint density at radius 3 is 2.35 bits per heavy atom. The van der Waals surface area contributed by atoms with Crippen LogP contribution in [0.5, 0.6) is 5.75 Å². The fraction of sp³-hybridized carbons (Fsp3) is 0.526. The van der Waals surface area contributed by atoms with E-state index in [0.717, 1.165) is 0 Å². The zero-order chi connectivity index (χ0) is 19.9. The maximum atomic E-state index is 12.6. The van der Waals surface area contributed by atoms with Crippen LogP contribution in [0, 0.1) is 5.92 Å². The van der Waals surface area contributed by atoms with Crippen molar-refractivity contribution in [3.63, 3.8) is 0 Å². The molecule has 0 bridgehead atoms. The van der Waals surface area contributed by atoms with Crippen LogP contribution in [-0.2, 0) is 19.8 Å². The van der Waals surface area contributed by atoms with E-state index >= 15 is 0 Å². The van der Waals surface area contributed by atoms with Crippen molar-refractivity contribution < 1.29 is 24.2 Å². The summed E-state index contributed by atoms with van der Waals surface area (Å²) in [5.74, 6) is -1.28. The van der Waals surface area contributed by atoms with Crippen LogP contribution in [-0.4, -0.2) is 42.6 Å². The zero-order valence-corrected chi connectivity index (χ0v) is 16.0. The van der Waals surface area contributed by atoms with Crippen LogP contribution in [0.1, 0.15) is 39.7 Å². The number of rotatable bonds is 9. The van der Waals surface area contributed by atoms with Gasteiger partial charge in [-0.1, -0.05) is 32.0 Å². The first-order valence-electron chi connectivity index (χ1n) is 8.53. The molecule has 0 aliphatic carbocycles. The van der Waals surface area contributed by atoms with Crippen LogP contribution >= 0.6 is 0 Å². The number of amides is 2. The maximum Gasteiger partial charge on any atom is 0.326 e. The molecule has 1 aromatic carbocycles. The molecule has 0 aromatic heterocycles. The minimum absolute atomic E-state index is 0.121. The number of ether oxygens (including phenoxy) is 1. The molecular formula is C19H28N2O5. The minimum atomic E-state index is -1.09. The predicted octanol–water partition coefficient (Wildman–Crippen LogP) is 1.70. The SMILES string of the molecule is COc1ccccc1C(C)(C)C(=O)NCC(=O)N[C@@H](CC(C)C)C(=O)O. The molecule has 0 unspecified atom stereocenters. The van der Waals surface area contributed by atoms with E-state index in [-0.39, 0.29) is 18.4 Å². The highest BCUT2D eigenvalue weighted by Crippen LogP contribution is 2.31. The molecule has 7 nitrogen and oxygen atoms in total. The van der Waals surface area contributed by atoms with E-state index in [2.05, 4.69) is 10.6 Å². The molecule has 0 saturated carbocycles. The van der Waals surface area contributed by atoms with E-state index in [1.54, 1.807) is 26.0 Å². The highest BCUT2D eigenvalue weighted by molar-refractivity contribution is 5.92. The van der Waals surface area contributed by atoms with Gasteiger partial charge in [0, 0.05) is 5.56 Å². The number of carboxylic acids is 1. The summed E-state index contributed by atoms with van der Waals surface area (Å²) in [6, 6.07) is 6.21. The van der Waals surface area contributed by atoms with Crippen LogP contribution in [0.15, 0.2) is 24.3 Å². The van der Waals surface area contributed by atoms with Gasteiger partial charge in [0.1, 0.15) is 11.8 Å². The highest BCUT2D eigenvalue weighted by Gasteiger charge is 2.32. The normalized spacial score (nSPS) is 12.4. The number of aliphatic carboxylic acids is 1. The second kappa shape index (κ2) is 9.22. The highest BCUT2D eigenvalue weighted by atomic mass is 16.5. The lowest BCUT2D eigenvalue weighted by atomic mass is 9.83. The third kappa shape index (κ3) is 5.75. The van der Waals surface area contributed by atoms with Crippen LogP contribution in [0.2, 0.25) is 0 Å². The van der Waals surface area contributed by atoms with Gasteiger partial charge in [-0.3, -0.25) is 9.59 Å². The van der Waals surface area contributed by atoms with E-state index < -0.39 is 23.3 Å². The van der Waals surface area contributed by atoms with E-state index in [0.29, 0.717) is 17.7 Å². The zero-order valence-electron chi connectivity index (χ0n) is 16.0. The third-order valence-electron chi connectivity index (χ3n) is 4.10. The molecule has 7 heteroatoms. The Morgan fingerprint density at radius 2 is 1.81 bits per heavy atom. The van der Waals surface area contributed by atoms with Crippen molar-refractivity contribution in [2.75, 3.05) is 13.7 Å². The molecule has 0 fully saturated rings. The molecule has 2 amide bonds. The second-order valence-electron chi connectivity index (χ2n) is 7.10. The third-order valence-corrected chi connectivity index (χ3v) is 4.10. The number of methoxy groups -OCH3 is 1. The number of hydrogen-bond donors (Lipinski definition) is 3. The maximum absolute atomic E-state index is 12.6. The van der Waals surface area contributed by atoms with Crippen molar-refractivity contribution in [3.05, 3.63) is 29.8 Å². The number of carbonyl (C=O) groups is 3. The van der Waals surface area contributed by atoms with Gasteiger partial charge in [-0.2, -0.15) is 0 Å². The molecule has 0 radical (unpaired) electrons. The lowest BCUT2D eigenvalue weighted by Crippen LogP contribution is -2.48. The Kier molecular flexibility index (Phi) is 7.61. The largest absolute Gasteiger partial charge is 0.496 e. The summed E-state index contributed by atoms with van der Waals surface area (Å²) in [5, 5.41) is 14.2. The number of carboxylic acid groups (broad SMARTS) is 1. The molecule has 1 atom stereocenters. The number of carbonyl (C=O) groups excluding carboxylic acids is 2. The molecule has 144 valence electrons. The Hall–Kier alpha value is -2.57. The fourth-order valence-electron chi connectivity index (χ4n) is 2.60. The first-order chi connectivity index (χ1) is 12.1. The second-order valence-corrected chi connectivity index (χ2v) is 7.10. The lowest BCUT2D eigenvalue weighted by Gasteiger charge is -2.26. The van der Waals surface area contributed by atoms with Crippen molar-refractivity contribution in [1.29, 1.82) is 0 Å². The van der Waals surface area contributed by atoms with E-state index in [4.69, 9.17) is 9.84 Å². The lowest BCUT2D eigenvalue weighted by molar-refractivity contribution is -0.142. The molecule has 3 N–H and O–H groups in total. The van der Waals surface area contributed by atoms with Crippen molar-refractivity contribution >= 4 is 17.8 Å². The van der Waals surface area contributed by atoms with Gasteiger partial charge in [-0.05, 0) is 32.3 Å². The van der Waals surface area contributed by atoms with Crippen LogP contribution in [0.25, 0.3) is 0 Å². The van der Waals surface area contributed by atoms with Crippen molar-refractivity contribution in [2.24, 2.45) is 5.92 Å². The summed E-state index contributed by atoms with van der Waals surface area (Å²) in [4.78, 5) is 35.8. The molecule has 0 aliphatic rings. The van der Waals surface area contributed by atoms with E-state index in [1.807, 2.05) is 26.0 Å². The number of para-hydroxylation sites is 1. The summed E-state index contributed by atoms with van der Waals surface area (Å²) in [5.41, 5.74) is -0.222. The number of hydrogen-bond acceptors (Lipinski definition) is 4. The molecule has 26 heavy (non-hydrogen) atoms. The Labute approximate surface area is 154 Å². The van der Waals surface area contributed by atoms with Crippen molar-refractivity contribution in [2.45, 2.75) is 45.6 Å². The van der Waals surface area contributed by atoms with Gasteiger partial charge in [-0.25, -0.2) is 4.79 Å². The number of nitrogens with one attached hydrogen (secondary N) is 2.